The van der Waals surface area contributed by atoms with E-state index in [-0.39, 0.29) is 30.4 Å². The van der Waals surface area contributed by atoms with Crippen LogP contribution in [0.3, 0.4) is 0 Å². The number of likely N-dealkylation sites (tertiary alicyclic amines) is 1. The second-order valence-electron chi connectivity index (χ2n) is 11.4. The lowest BCUT2D eigenvalue weighted by Crippen LogP contribution is -2.56. The van der Waals surface area contributed by atoms with Crippen LogP contribution in [-0.4, -0.2) is 72.8 Å². The number of hydrogen-bond acceptors (Lipinski definition) is 6. The van der Waals surface area contributed by atoms with Crippen LogP contribution in [0.2, 0.25) is 0 Å². The molecule has 1 heterocycles. The van der Waals surface area contributed by atoms with Crippen molar-refractivity contribution in [1.82, 2.24) is 20.9 Å². The summed E-state index contributed by atoms with van der Waals surface area (Å²) in [5.74, 6) is -0.820. The van der Waals surface area contributed by atoms with Gasteiger partial charge in [0.15, 0.2) is 0 Å². The van der Waals surface area contributed by atoms with Gasteiger partial charge in [-0.3, -0.25) is 9.59 Å². The summed E-state index contributed by atoms with van der Waals surface area (Å²) in [5, 5.41) is 7.96. The lowest BCUT2D eigenvalue weighted by Gasteiger charge is -2.39. The van der Waals surface area contributed by atoms with E-state index in [4.69, 9.17) is 9.47 Å². The van der Waals surface area contributed by atoms with Crippen molar-refractivity contribution in [3.8, 4) is 11.1 Å². The SMILES string of the molecule is C[C@H](NC(=O)OCC1c2ccccc2-c2ccccc21)C(=O)N[C@@H](C)C(=O)NCC1CN(C(=O)OC(C)(C)C)C1. The Bertz CT molecular complexity index is 1220. The molecule has 3 N–H and O–H groups in total. The fraction of sp³-hybridized carbons (Fsp3) is 0.467. The Morgan fingerprint density at radius 1 is 0.875 bits per heavy atom. The van der Waals surface area contributed by atoms with Gasteiger partial charge in [0.2, 0.25) is 11.8 Å². The quantitative estimate of drug-likeness (QED) is 0.463. The Labute approximate surface area is 234 Å². The van der Waals surface area contributed by atoms with Gasteiger partial charge in [0.1, 0.15) is 24.3 Å². The maximum atomic E-state index is 12.6. The minimum absolute atomic E-state index is 0.0853. The van der Waals surface area contributed by atoms with Gasteiger partial charge in [-0.2, -0.15) is 0 Å². The molecule has 0 radical (unpaired) electrons. The lowest BCUT2D eigenvalue weighted by atomic mass is 9.98. The van der Waals surface area contributed by atoms with E-state index in [0.717, 1.165) is 22.3 Å². The van der Waals surface area contributed by atoms with E-state index in [2.05, 4.69) is 28.1 Å². The van der Waals surface area contributed by atoms with Gasteiger partial charge in [-0.05, 0) is 56.9 Å². The molecular formula is C30H38N4O6. The van der Waals surface area contributed by atoms with Crippen molar-refractivity contribution < 1.29 is 28.7 Å². The molecule has 0 bridgehead atoms. The molecule has 1 fully saturated rings. The average molecular weight is 551 g/mol. The van der Waals surface area contributed by atoms with Gasteiger partial charge < -0.3 is 30.3 Å². The van der Waals surface area contributed by atoms with Gasteiger partial charge in [-0.25, -0.2) is 9.59 Å². The highest BCUT2D eigenvalue weighted by Crippen LogP contribution is 2.44. The van der Waals surface area contributed by atoms with Gasteiger partial charge >= 0.3 is 12.2 Å². The third-order valence-corrected chi connectivity index (χ3v) is 7.00. The van der Waals surface area contributed by atoms with E-state index in [9.17, 15) is 19.2 Å². The first-order chi connectivity index (χ1) is 18.9. The maximum Gasteiger partial charge on any atom is 0.410 e. The minimum atomic E-state index is -0.903. The zero-order valence-electron chi connectivity index (χ0n) is 23.7. The number of fused-ring (bicyclic) bond motifs is 3. The number of benzene rings is 2. The van der Waals surface area contributed by atoms with Crippen molar-refractivity contribution in [3.63, 3.8) is 0 Å². The van der Waals surface area contributed by atoms with E-state index in [1.165, 1.54) is 6.92 Å². The van der Waals surface area contributed by atoms with Crippen LogP contribution >= 0.6 is 0 Å². The summed E-state index contributed by atoms with van der Waals surface area (Å²) in [5.41, 5.74) is 3.90. The third-order valence-electron chi connectivity index (χ3n) is 7.00. The Morgan fingerprint density at radius 3 is 2.00 bits per heavy atom. The Morgan fingerprint density at radius 2 is 1.43 bits per heavy atom. The van der Waals surface area contributed by atoms with Gasteiger partial charge in [0, 0.05) is 31.5 Å². The smallest absolute Gasteiger partial charge is 0.410 e. The van der Waals surface area contributed by atoms with Crippen molar-refractivity contribution in [3.05, 3.63) is 59.7 Å². The van der Waals surface area contributed by atoms with E-state index in [1.807, 2.05) is 57.2 Å². The Hall–Kier alpha value is -4.08. The van der Waals surface area contributed by atoms with Crippen molar-refractivity contribution in [2.24, 2.45) is 5.92 Å². The van der Waals surface area contributed by atoms with Crippen LogP contribution in [0, 0.1) is 5.92 Å². The maximum absolute atomic E-state index is 12.6. The van der Waals surface area contributed by atoms with E-state index >= 15 is 0 Å². The molecule has 10 nitrogen and oxygen atoms in total. The molecule has 10 heteroatoms. The lowest BCUT2D eigenvalue weighted by molar-refractivity contribution is -0.129. The predicted molar refractivity (Wildman–Crippen MR) is 150 cm³/mol. The number of carbonyl (C=O) groups excluding carboxylic acids is 4. The third kappa shape index (κ3) is 6.91. The molecule has 0 saturated carbocycles. The largest absolute Gasteiger partial charge is 0.449 e. The van der Waals surface area contributed by atoms with Crippen LogP contribution in [0.15, 0.2) is 48.5 Å². The van der Waals surface area contributed by atoms with Gasteiger partial charge in [-0.15, -0.1) is 0 Å². The highest BCUT2D eigenvalue weighted by atomic mass is 16.6. The summed E-state index contributed by atoms with van der Waals surface area (Å²) in [4.78, 5) is 51.2. The van der Waals surface area contributed by atoms with Crippen LogP contribution in [0.1, 0.15) is 51.7 Å². The minimum Gasteiger partial charge on any atom is -0.449 e. The fourth-order valence-corrected chi connectivity index (χ4v) is 4.86. The molecule has 214 valence electrons. The van der Waals surface area contributed by atoms with Crippen LogP contribution in [0.25, 0.3) is 11.1 Å². The summed E-state index contributed by atoms with van der Waals surface area (Å²) in [6, 6.07) is 14.4. The molecule has 40 heavy (non-hydrogen) atoms. The number of carbonyl (C=O) groups is 4. The fourth-order valence-electron chi connectivity index (χ4n) is 4.86. The molecule has 0 unspecified atom stereocenters. The Balaban J connectivity index is 1.17. The number of hydrogen-bond donors (Lipinski definition) is 3. The molecule has 4 amide bonds. The predicted octanol–water partition coefficient (Wildman–Crippen LogP) is 3.40. The molecule has 2 aliphatic rings. The van der Waals surface area contributed by atoms with E-state index in [1.54, 1.807) is 11.8 Å². The molecule has 2 aromatic carbocycles. The number of rotatable bonds is 8. The van der Waals surface area contributed by atoms with Crippen molar-refractivity contribution >= 4 is 24.0 Å². The standard InChI is InChI=1S/C30H38N4O6/c1-18(26(35)31-14-20-15-34(16-20)29(38)40-30(3,4)5)32-27(36)19(2)33-28(37)39-17-25-23-12-8-6-10-21(23)22-11-7-9-13-24(22)25/h6-13,18-20,25H,14-17H2,1-5H3,(H,31,35)(H,32,36)(H,33,37)/t18-,19-/m0/s1. The van der Waals surface area contributed by atoms with Crippen molar-refractivity contribution in [2.75, 3.05) is 26.2 Å². The summed E-state index contributed by atoms with van der Waals surface area (Å²) >= 11 is 0. The molecular weight excluding hydrogens is 512 g/mol. The first-order valence-corrected chi connectivity index (χ1v) is 13.6. The second kappa shape index (κ2) is 12.0. The van der Waals surface area contributed by atoms with Crippen LogP contribution < -0.4 is 16.0 Å². The number of amides is 4. The molecule has 2 atom stereocenters. The summed E-state index contributed by atoms with van der Waals surface area (Å²) in [6.45, 7) is 10.0. The summed E-state index contributed by atoms with van der Waals surface area (Å²) in [6.07, 6.45) is -1.07. The van der Waals surface area contributed by atoms with E-state index < -0.39 is 29.7 Å². The first kappa shape index (κ1) is 28.9. The summed E-state index contributed by atoms with van der Waals surface area (Å²) in [7, 11) is 0. The molecule has 4 rings (SSSR count). The van der Waals surface area contributed by atoms with Gasteiger partial charge in [-0.1, -0.05) is 48.5 Å². The van der Waals surface area contributed by atoms with Gasteiger partial charge in [0.05, 0.1) is 0 Å². The number of nitrogens with one attached hydrogen (secondary N) is 3. The van der Waals surface area contributed by atoms with Crippen LogP contribution in [-0.2, 0) is 19.1 Å². The molecule has 1 saturated heterocycles. The topological polar surface area (TPSA) is 126 Å². The number of ether oxygens (including phenoxy) is 2. The molecule has 0 spiro atoms. The van der Waals surface area contributed by atoms with Crippen LogP contribution in [0.4, 0.5) is 9.59 Å². The normalized spacial score (nSPS) is 16.1. The molecule has 1 aliphatic heterocycles. The van der Waals surface area contributed by atoms with Gasteiger partial charge in [0.25, 0.3) is 0 Å². The zero-order chi connectivity index (χ0) is 29.0. The monoisotopic (exact) mass is 550 g/mol. The highest BCUT2D eigenvalue weighted by molar-refractivity contribution is 5.90. The molecule has 2 aromatic rings. The van der Waals surface area contributed by atoms with Crippen molar-refractivity contribution in [2.45, 2.75) is 58.2 Å². The average Bonchev–Trinajstić information content (AvgIpc) is 3.18. The van der Waals surface area contributed by atoms with Crippen molar-refractivity contribution in [1.29, 1.82) is 0 Å². The Kier molecular flexibility index (Phi) is 8.66. The summed E-state index contributed by atoms with van der Waals surface area (Å²) < 4.78 is 10.8. The van der Waals surface area contributed by atoms with E-state index in [0.29, 0.717) is 19.6 Å². The molecule has 1 aliphatic carbocycles. The van der Waals surface area contributed by atoms with Crippen LogP contribution in [0.5, 0.6) is 0 Å². The number of alkyl carbamates (subject to hydrolysis) is 1. The number of nitrogens with zero attached hydrogens (tertiary/aromatic N) is 1. The highest BCUT2D eigenvalue weighted by Gasteiger charge is 2.34. The molecule has 0 aromatic heterocycles. The second-order valence-corrected chi connectivity index (χ2v) is 11.4. The first-order valence-electron chi connectivity index (χ1n) is 13.6. The zero-order valence-corrected chi connectivity index (χ0v) is 23.7.